The molecule has 1 aliphatic rings. The molecule has 1 rings (SSSR count). The van der Waals surface area contributed by atoms with Gasteiger partial charge in [-0.1, -0.05) is 6.58 Å². The molecule has 84 valence electrons. The molecule has 2 N–H and O–H groups in total. The van der Waals surface area contributed by atoms with E-state index in [4.69, 9.17) is 5.73 Å². The summed E-state index contributed by atoms with van der Waals surface area (Å²) in [5, 5.41) is 4.91. The highest BCUT2D eigenvalue weighted by atomic mass is 19.4. The first-order valence-corrected chi connectivity index (χ1v) is 4.30. The molecular formula is C9H12F3N3. The van der Waals surface area contributed by atoms with Crippen LogP contribution in [-0.2, 0) is 0 Å². The molecule has 15 heavy (non-hydrogen) atoms. The lowest BCUT2D eigenvalue weighted by molar-refractivity contribution is -0.153. The summed E-state index contributed by atoms with van der Waals surface area (Å²) in [6.45, 7) is 3.43. The van der Waals surface area contributed by atoms with Gasteiger partial charge in [0.15, 0.2) is 0 Å². The maximum Gasteiger partial charge on any atom is 0.397 e. The molecule has 1 unspecified atom stereocenters. The maximum atomic E-state index is 12.5. The van der Waals surface area contributed by atoms with Crippen LogP contribution in [0.3, 0.4) is 0 Å². The molecular weight excluding hydrogens is 207 g/mol. The van der Waals surface area contributed by atoms with Crippen LogP contribution >= 0.6 is 0 Å². The fraction of sp³-hybridized carbons (Fsp3) is 0.444. The first-order chi connectivity index (χ1) is 6.80. The van der Waals surface area contributed by atoms with Crippen LogP contribution in [0.15, 0.2) is 29.2 Å². The molecule has 0 aromatic rings. The van der Waals surface area contributed by atoms with Gasteiger partial charge < -0.3 is 5.73 Å². The van der Waals surface area contributed by atoms with Crippen LogP contribution in [0.2, 0.25) is 0 Å². The molecule has 0 amide bonds. The standard InChI is InChI=1S/C9H12F3N3/c1-6(13)7-3-8(9(10,11)12)4-14-15(2)5-7/h4-5,8H,1,3,13H2,2H3. The molecule has 0 saturated carbocycles. The minimum Gasteiger partial charge on any atom is -0.399 e. The largest absolute Gasteiger partial charge is 0.399 e. The number of halogens is 3. The molecule has 0 aliphatic carbocycles. The van der Waals surface area contributed by atoms with E-state index in [2.05, 4.69) is 11.7 Å². The Hall–Kier alpha value is -1.46. The van der Waals surface area contributed by atoms with E-state index in [1.807, 2.05) is 0 Å². The lowest BCUT2D eigenvalue weighted by Crippen LogP contribution is -2.25. The highest BCUT2D eigenvalue weighted by molar-refractivity contribution is 5.63. The SMILES string of the molecule is C=C(N)C1=CN(C)N=CC(C(F)(F)F)C1. The van der Waals surface area contributed by atoms with Gasteiger partial charge in [0.25, 0.3) is 0 Å². The van der Waals surface area contributed by atoms with E-state index in [1.54, 1.807) is 0 Å². The highest BCUT2D eigenvalue weighted by Crippen LogP contribution is 2.32. The Morgan fingerprint density at radius 2 is 2.27 bits per heavy atom. The second-order valence-electron chi connectivity index (χ2n) is 3.37. The average molecular weight is 219 g/mol. The fourth-order valence-electron chi connectivity index (χ4n) is 1.20. The first kappa shape index (κ1) is 11.6. The van der Waals surface area contributed by atoms with Crippen LogP contribution < -0.4 is 5.73 Å². The van der Waals surface area contributed by atoms with Crippen molar-refractivity contribution >= 4 is 6.21 Å². The summed E-state index contributed by atoms with van der Waals surface area (Å²) in [5.41, 5.74) is 5.89. The van der Waals surface area contributed by atoms with Crippen molar-refractivity contribution < 1.29 is 13.2 Å². The van der Waals surface area contributed by atoms with Crippen LogP contribution in [0.4, 0.5) is 13.2 Å². The summed E-state index contributed by atoms with van der Waals surface area (Å²) < 4.78 is 37.4. The molecule has 0 spiro atoms. The van der Waals surface area contributed by atoms with Crippen LogP contribution in [0.1, 0.15) is 6.42 Å². The third-order valence-electron chi connectivity index (χ3n) is 2.04. The minimum atomic E-state index is -4.30. The lowest BCUT2D eigenvalue weighted by atomic mass is 9.99. The molecule has 6 heteroatoms. The third kappa shape index (κ3) is 3.00. The van der Waals surface area contributed by atoms with E-state index in [1.165, 1.54) is 18.3 Å². The monoisotopic (exact) mass is 219 g/mol. The van der Waals surface area contributed by atoms with Crippen molar-refractivity contribution in [3.05, 3.63) is 24.0 Å². The molecule has 0 aromatic carbocycles. The van der Waals surface area contributed by atoms with Gasteiger partial charge >= 0.3 is 6.18 Å². The van der Waals surface area contributed by atoms with Gasteiger partial charge in [0.05, 0.1) is 5.92 Å². The summed E-state index contributed by atoms with van der Waals surface area (Å²) in [4.78, 5) is 0. The molecule has 0 aromatic heterocycles. The Bertz CT molecular complexity index is 317. The predicted octanol–water partition coefficient (Wildman–Crippen LogP) is 1.84. The summed E-state index contributed by atoms with van der Waals surface area (Å²) in [6, 6.07) is 0. The molecule has 1 aliphatic heterocycles. The number of alkyl halides is 3. The zero-order valence-corrected chi connectivity index (χ0v) is 8.25. The zero-order valence-electron chi connectivity index (χ0n) is 8.25. The number of nitrogens with two attached hydrogens (primary N) is 1. The van der Waals surface area contributed by atoms with Crippen molar-refractivity contribution in [3.8, 4) is 0 Å². The Balaban J connectivity index is 2.94. The Kier molecular flexibility index (Phi) is 3.06. The lowest BCUT2D eigenvalue weighted by Gasteiger charge is -2.15. The van der Waals surface area contributed by atoms with Crippen LogP contribution in [0, 0.1) is 5.92 Å². The number of nitrogens with zero attached hydrogens (tertiary/aromatic N) is 2. The Morgan fingerprint density at radius 3 is 2.73 bits per heavy atom. The van der Waals surface area contributed by atoms with Gasteiger partial charge in [0, 0.05) is 25.2 Å². The number of hydrazone groups is 1. The van der Waals surface area contributed by atoms with Gasteiger partial charge in [-0.05, 0) is 12.0 Å². The topological polar surface area (TPSA) is 41.6 Å². The fourth-order valence-corrected chi connectivity index (χ4v) is 1.20. The second-order valence-corrected chi connectivity index (χ2v) is 3.37. The van der Waals surface area contributed by atoms with Crippen molar-refractivity contribution in [2.45, 2.75) is 12.6 Å². The first-order valence-electron chi connectivity index (χ1n) is 4.30. The van der Waals surface area contributed by atoms with Gasteiger partial charge in [-0.3, -0.25) is 5.01 Å². The molecule has 3 nitrogen and oxygen atoms in total. The summed E-state index contributed by atoms with van der Waals surface area (Å²) in [5.74, 6) is -1.60. The zero-order chi connectivity index (χ0) is 11.6. The van der Waals surface area contributed by atoms with Crippen molar-refractivity contribution in [1.29, 1.82) is 0 Å². The van der Waals surface area contributed by atoms with Crippen molar-refractivity contribution in [1.82, 2.24) is 5.01 Å². The Morgan fingerprint density at radius 1 is 1.67 bits per heavy atom. The van der Waals surface area contributed by atoms with Gasteiger partial charge in [-0.25, -0.2) is 0 Å². The smallest absolute Gasteiger partial charge is 0.397 e. The number of rotatable bonds is 1. The van der Waals surface area contributed by atoms with Gasteiger partial charge in [0.1, 0.15) is 0 Å². The van der Waals surface area contributed by atoms with Crippen molar-refractivity contribution in [2.24, 2.45) is 16.8 Å². The highest BCUT2D eigenvalue weighted by Gasteiger charge is 2.39. The second kappa shape index (κ2) is 3.96. The average Bonchev–Trinajstić information content (AvgIpc) is 2.25. The molecule has 0 saturated heterocycles. The predicted molar refractivity (Wildman–Crippen MR) is 51.8 cm³/mol. The van der Waals surface area contributed by atoms with Crippen LogP contribution in [0.25, 0.3) is 0 Å². The Labute approximate surface area is 85.7 Å². The van der Waals surface area contributed by atoms with Crippen molar-refractivity contribution in [3.63, 3.8) is 0 Å². The van der Waals surface area contributed by atoms with E-state index < -0.39 is 12.1 Å². The van der Waals surface area contributed by atoms with Crippen LogP contribution in [0.5, 0.6) is 0 Å². The van der Waals surface area contributed by atoms with Gasteiger partial charge in [-0.15, -0.1) is 0 Å². The van der Waals surface area contributed by atoms with E-state index in [-0.39, 0.29) is 12.1 Å². The molecule has 0 fully saturated rings. The molecule has 0 radical (unpaired) electrons. The van der Waals surface area contributed by atoms with Crippen molar-refractivity contribution in [2.75, 3.05) is 7.05 Å². The minimum absolute atomic E-state index is 0.140. The molecule has 0 bridgehead atoms. The third-order valence-corrected chi connectivity index (χ3v) is 2.04. The van der Waals surface area contributed by atoms with E-state index in [0.717, 1.165) is 6.21 Å². The van der Waals surface area contributed by atoms with E-state index >= 15 is 0 Å². The molecule has 1 heterocycles. The number of hydrogen-bond acceptors (Lipinski definition) is 3. The quantitative estimate of drug-likeness (QED) is 0.731. The maximum absolute atomic E-state index is 12.5. The summed E-state index contributed by atoms with van der Waals surface area (Å²) in [7, 11) is 1.54. The number of hydrogen-bond donors (Lipinski definition) is 1. The summed E-state index contributed by atoms with van der Waals surface area (Å²) >= 11 is 0. The normalized spacial score (nSPS) is 22.3. The van der Waals surface area contributed by atoms with E-state index in [0.29, 0.717) is 5.57 Å². The van der Waals surface area contributed by atoms with Gasteiger partial charge in [0.2, 0.25) is 0 Å². The van der Waals surface area contributed by atoms with Gasteiger partial charge in [-0.2, -0.15) is 18.3 Å². The molecule has 1 atom stereocenters. The number of allylic oxidation sites excluding steroid dienone is 1. The summed E-state index contributed by atoms with van der Waals surface area (Å²) in [6.07, 6.45) is -2.19. The van der Waals surface area contributed by atoms with E-state index in [9.17, 15) is 13.2 Å². The van der Waals surface area contributed by atoms with Crippen LogP contribution in [-0.4, -0.2) is 24.4 Å².